The summed E-state index contributed by atoms with van der Waals surface area (Å²) in [5.74, 6) is 0. The SMILES string of the molecule is CN1CC(=S)N(C)C1=O. The number of amides is 2. The highest BCUT2D eigenvalue weighted by atomic mass is 32.1. The molecule has 0 N–H and O–H groups in total. The zero-order chi connectivity index (χ0) is 7.02. The first-order valence-corrected chi connectivity index (χ1v) is 3.05. The lowest BCUT2D eigenvalue weighted by Crippen LogP contribution is -2.26. The third kappa shape index (κ3) is 0.896. The lowest BCUT2D eigenvalue weighted by Gasteiger charge is -2.06. The molecule has 1 aliphatic heterocycles. The number of carbonyl (C=O) groups is 1. The second-order valence-corrected chi connectivity index (χ2v) is 2.56. The van der Waals surface area contributed by atoms with Gasteiger partial charge in [-0.2, -0.15) is 0 Å². The van der Waals surface area contributed by atoms with Crippen LogP contribution in [0.1, 0.15) is 0 Å². The van der Waals surface area contributed by atoms with E-state index >= 15 is 0 Å². The van der Waals surface area contributed by atoms with Gasteiger partial charge in [0.1, 0.15) is 4.99 Å². The Labute approximate surface area is 59.2 Å². The van der Waals surface area contributed by atoms with Crippen LogP contribution in [0.2, 0.25) is 0 Å². The van der Waals surface area contributed by atoms with Crippen LogP contribution < -0.4 is 0 Å². The van der Waals surface area contributed by atoms with Gasteiger partial charge < -0.3 is 4.90 Å². The summed E-state index contributed by atoms with van der Waals surface area (Å²) >= 11 is 4.86. The molecule has 1 fully saturated rings. The van der Waals surface area contributed by atoms with Crippen LogP contribution in [-0.4, -0.2) is 41.5 Å². The number of thiocarbonyl (C=S) groups is 1. The standard InChI is InChI=1S/C5H8N2OS/c1-6-3-4(9)7(2)5(6)8/h3H2,1-2H3. The van der Waals surface area contributed by atoms with Gasteiger partial charge in [-0.25, -0.2) is 4.79 Å². The van der Waals surface area contributed by atoms with Crippen molar-refractivity contribution in [2.75, 3.05) is 20.6 Å². The van der Waals surface area contributed by atoms with E-state index in [-0.39, 0.29) is 6.03 Å². The Morgan fingerprint density at radius 1 is 1.56 bits per heavy atom. The lowest BCUT2D eigenvalue weighted by atomic mass is 10.6. The van der Waals surface area contributed by atoms with Gasteiger partial charge in [0.2, 0.25) is 0 Å². The fourth-order valence-electron chi connectivity index (χ4n) is 0.739. The summed E-state index contributed by atoms with van der Waals surface area (Å²) < 4.78 is 0. The summed E-state index contributed by atoms with van der Waals surface area (Å²) in [6.07, 6.45) is 0. The molecule has 0 atom stereocenters. The van der Waals surface area contributed by atoms with Crippen LogP contribution in [-0.2, 0) is 0 Å². The van der Waals surface area contributed by atoms with Gasteiger partial charge in [-0.15, -0.1) is 0 Å². The first-order valence-electron chi connectivity index (χ1n) is 2.64. The van der Waals surface area contributed by atoms with Gasteiger partial charge in [0.05, 0.1) is 6.54 Å². The van der Waals surface area contributed by atoms with Crippen molar-refractivity contribution in [3.05, 3.63) is 0 Å². The number of carbonyl (C=O) groups excluding carboxylic acids is 1. The minimum Gasteiger partial charge on any atom is -0.321 e. The molecule has 1 heterocycles. The molecule has 0 saturated carbocycles. The highest BCUT2D eigenvalue weighted by Gasteiger charge is 2.26. The quantitative estimate of drug-likeness (QED) is 0.457. The monoisotopic (exact) mass is 144 g/mol. The molecule has 0 unspecified atom stereocenters. The molecule has 1 rings (SSSR count). The fraction of sp³-hybridized carbons (Fsp3) is 0.600. The van der Waals surface area contributed by atoms with E-state index in [4.69, 9.17) is 12.2 Å². The Bertz CT molecular complexity index is 168. The maximum atomic E-state index is 10.9. The second-order valence-electron chi connectivity index (χ2n) is 2.09. The van der Waals surface area contributed by atoms with Crippen LogP contribution in [0.4, 0.5) is 4.79 Å². The van der Waals surface area contributed by atoms with Crippen LogP contribution in [0.3, 0.4) is 0 Å². The molecule has 0 bridgehead atoms. The zero-order valence-corrected chi connectivity index (χ0v) is 6.23. The van der Waals surface area contributed by atoms with Crippen molar-refractivity contribution >= 4 is 23.2 Å². The molecule has 0 aromatic carbocycles. The number of likely N-dealkylation sites (N-methyl/N-ethyl adjacent to an activating group) is 2. The van der Waals surface area contributed by atoms with Gasteiger partial charge in [0, 0.05) is 14.1 Å². The summed E-state index contributed by atoms with van der Waals surface area (Å²) in [6, 6.07) is -0.0139. The van der Waals surface area contributed by atoms with E-state index in [0.717, 1.165) is 0 Å². The van der Waals surface area contributed by atoms with E-state index in [9.17, 15) is 4.79 Å². The topological polar surface area (TPSA) is 23.6 Å². The van der Waals surface area contributed by atoms with Crippen molar-refractivity contribution in [2.24, 2.45) is 0 Å². The summed E-state index contributed by atoms with van der Waals surface area (Å²) in [6.45, 7) is 0.588. The minimum absolute atomic E-state index is 0.0139. The molecule has 1 aliphatic rings. The highest BCUT2D eigenvalue weighted by molar-refractivity contribution is 7.80. The second kappa shape index (κ2) is 1.95. The molecule has 0 aliphatic carbocycles. The van der Waals surface area contributed by atoms with Crippen LogP contribution in [0.5, 0.6) is 0 Å². The Hall–Kier alpha value is -0.640. The predicted octanol–water partition coefficient (Wildman–Crippen LogP) is 0.311. The van der Waals surface area contributed by atoms with Crippen molar-refractivity contribution in [3.63, 3.8) is 0 Å². The van der Waals surface area contributed by atoms with Crippen molar-refractivity contribution in [1.29, 1.82) is 0 Å². The van der Waals surface area contributed by atoms with Gasteiger partial charge in [0.25, 0.3) is 0 Å². The number of nitrogens with zero attached hydrogens (tertiary/aromatic N) is 2. The van der Waals surface area contributed by atoms with Crippen molar-refractivity contribution in [3.8, 4) is 0 Å². The van der Waals surface area contributed by atoms with E-state index in [1.165, 1.54) is 4.90 Å². The maximum Gasteiger partial charge on any atom is 0.324 e. The Kier molecular flexibility index (Phi) is 1.40. The highest BCUT2D eigenvalue weighted by Crippen LogP contribution is 2.05. The third-order valence-corrected chi connectivity index (χ3v) is 1.76. The van der Waals surface area contributed by atoms with Gasteiger partial charge in [-0.05, 0) is 0 Å². The molecule has 3 nitrogen and oxygen atoms in total. The van der Waals surface area contributed by atoms with E-state index in [1.807, 2.05) is 0 Å². The largest absolute Gasteiger partial charge is 0.324 e. The number of hydrogen-bond acceptors (Lipinski definition) is 2. The van der Waals surface area contributed by atoms with E-state index < -0.39 is 0 Å². The normalized spacial score (nSPS) is 19.8. The number of urea groups is 1. The molecule has 1 saturated heterocycles. The molecular formula is C5H8N2OS. The molecule has 9 heavy (non-hydrogen) atoms. The Morgan fingerprint density at radius 2 is 2.11 bits per heavy atom. The van der Waals surface area contributed by atoms with Gasteiger partial charge in [-0.3, -0.25) is 4.90 Å². The van der Waals surface area contributed by atoms with Gasteiger partial charge in [0.15, 0.2) is 0 Å². The minimum atomic E-state index is -0.0139. The lowest BCUT2D eigenvalue weighted by molar-refractivity contribution is 0.209. The molecule has 0 radical (unpaired) electrons. The van der Waals surface area contributed by atoms with Crippen molar-refractivity contribution in [1.82, 2.24) is 9.80 Å². The first kappa shape index (κ1) is 6.48. The smallest absolute Gasteiger partial charge is 0.321 e. The average molecular weight is 144 g/mol. The van der Waals surface area contributed by atoms with Gasteiger partial charge in [-0.1, -0.05) is 12.2 Å². The molecule has 0 aromatic heterocycles. The van der Waals surface area contributed by atoms with Crippen molar-refractivity contribution in [2.45, 2.75) is 0 Å². The van der Waals surface area contributed by atoms with E-state index in [0.29, 0.717) is 11.5 Å². The van der Waals surface area contributed by atoms with Crippen LogP contribution in [0.15, 0.2) is 0 Å². The van der Waals surface area contributed by atoms with Gasteiger partial charge >= 0.3 is 6.03 Å². The summed E-state index contributed by atoms with van der Waals surface area (Å²) in [4.78, 5) is 14.6. The summed E-state index contributed by atoms with van der Waals surface area (Å²) in [7, 11) is 3.42. The first-order chi connectivity index (χ1) is 4.13. The van der Waals surface area contributed by atoms with E-state index in [1.54, 1.807) is 19.0 Å². The van der Waals surface area contributed by atoms with Crippen LogP contribution in [0, 0.1) is 0 Å². The van der Waals surface area contributed by atoms with E-state index in [2.05, 4.69) is 0 Å². The maximum absolute atomic E-state index is 10.9. The average Bonchev–Trinajstić information content (AvgIpc) is 1.98. The molecular weight excluding hydrogens is 136 g/mol. The predicted molar refractivity (Wildman–Crippen MR) is 38.4 cm³/mol. The van der Waals surface area contributed by atoms with Crippen LogP contribution in [0.25, 0.3) is 0 Å². The number of hydrogen-bond donors (Lipinski definition) is 0. The molecule has 2 amide bonds. The number of rotatable bonds is 0. The molecule has 50 valence electrons. The fourth-order valence-corrected chi connectivity index (χ4v) is 1.01. The van der Waals surface area contributed by atoms with Crippen molar-refractivity contribution < 1.29 is 4.79 Å². The zero-order valence-electron chi connectivity index (χ0n) is 5.42. The molecule has 0 aromatic rings. The third-order valence-electron chi connectivity index (χ3n) is 1.36. The summed E-state index contributed by atoms with van der Waals surface area (Å²) in [5, 5.41) is 0. The molecule has 4 heteroatoms. The Morgan fingerprint density at radius 3 is 2.22 bits per heavy atom. The van der Waals surface area contributed by atoms with Crippen LogP contribution >= 0.6 is 12.2 Å². The summed E-state index contributed by atoms with van der Waals surface area (Å²) in [5.41, 5.74) is 0. The molecule has 0 spiro atoms. The Balaban J connectivity index is 2.77.